The Bertz CT molecular complexity index is 1070. The summed E-state index contributed by atoms with van der Waals surface area (Å²) in [7, 11) is 0. The van der Waals surface area contributed by atoms with Crippen molar-refractivity contribution in [3.05, 3.63) is 70.8 Å². The number of hydrogen-bond donors (Lipinski definition) is 1. The quantitative estimate of drug-likeness (QED) is 0.747. The molecule has 1 aliphatic carbocycles. The zero-order valence-corrected chi connectivity index (χ0v) is 19.1. The van der Waals surface area contributed by atoms with Crippen molar-refractivity contribution in [3.8, 4) is 6.07 Å². The van der Waals surface area contributed by atoms with E-state index in [2.05, 4.69) is 37.1 Å². The van der Waals surface area contributed by atoms with Crippen molar-refractivity contribution in [1.29, 1.82) is 5.26 Å². The number of benzene rings is 2. The molecule has 2 aromatic carbocycles. The highest BCUT2D eigenvalue weighted by Crippen LogP contribution is 2.52. The Morgan fingerprint density at radius 1 is 1.06 bits per heavy atom. The lowest BCUT2D eigenvalue weighted by Gasteiger charge is -2.39. The average Bonchev–Trinajstić information content (AvgIpc) is 3.01. The molecule has 2 fully saturated rings. The fourth-order valence-corrected chi connectivity index (χ4v) is 5.83. The maximum Gasteiger partial charge on any atom is 0.254 e. The van der Waals surface area contributed by atoms with Crippen molar-refractivity contribution >= 4 is 11.8 Å². The van der Waals surface area contributed by atoms with Crippen molar-refractivity contribution in [2.75, 3.05) is 6.54 Å². The van der Waals surface area contributed by atoms with Crippen LogP contribution in [0.1, 0.15) is 71.9 Å². The van der Waals surface area contributed by atoms with E-state index < -0.39 is 0 Å². The summed E-state index contributed by atoms with van der Waals surface area (Å²) < 4.78 is 0. The van der Waals surface area contributed by atoms with Crippen molar-refractivity contribution < 1.29 is 9.59 Å². The van der Waals surface area contributed by atoms with Crippen molar-refractivity contribution in [2.24, 2.45) is 10.8 Å². The minimum absolute atomic E-state index is 0.112. The molecule has 1 saturated heterocycles. The molecule has 2 unspecified atom stereocenters. The molecule has 2 aromatic rings. The summed E-state index contributed by atoms with van der Waals surface area (Å²) in [6.45, 7) is 8.16. The summed E-state index contributed by atoms with van der Waals surface area (Å²) in [5.74, 6) is -0.0635. The van der Waals surface area contributed by atoms with Gasteiger partial charge < -0.3 is 10.2 Å². The van der Waals surface area contributed by atoms with Crippen LogP contribution in [0.15, 0.2) is 48.5 Å². The van der Waals surface area contributed by atoms with Crippen LogP contribution in [-0.4, -0.2) is 29.3 Å². The molecule has 5 nitrogen and oxygen atoms in total. The Hall–Kier alpha value is -3.13. The van der Waals surface area contributed by atoms with E-state index in [4.69, 9.17) is 5.26 Å². The SMILES string of the molecule is CC1(C)CC2CC(C)(CN2C(=O)c2ccc(CNC(=O)c3cccc(CC#N)c3)cc2)C1. The van der Waals surface area contributed by atoms with Crippen LogP contribution in [0, 0.1) is 22.2 Å². The first-order valence-electron chi connectivity index (χ1n) is 11.3. The van der Waals surface area contributed by atoms with Gasteiger partial charge in [-0.2, -0.15) is 5.26 Å². The number of hydrogen-bond acceptors (Lipinski definition) is 3. The van der Waals surface area contributed by atoms with E-state index in [0.29, 0.717) is 23.7 Å². The van der Waals surface area contributed by atoms with Gasteiger partial charge in [-0.15, -0.1) is 0 Å². The zero-order chi connectivity index (χ0) is 22.9. The number of nitrogens with one attached hydrogen (secondary N) is 1. The van der Waals surface area contributed by atoms with Crippen LogP contribution in [0.25, 0.3) is 0 Å². The van der Waals surface area contributed by atoms with Crippen LogP contribution in [0.2, 0.25) is 0 Å². The van der Waals surface area contributed by atoms with Gasteiger partial charge in [0.25, 0.3) is 11.8 Å². The van der Waals surface area contributed by atoms with Gasteiger partial charge in [-0.3, -0.25) is 9.59 Å². The number of nitriles is 1. The Balaban J connectivity index is 1.37. The Labute approximate surface area is 190 Å². The number of rotatable bonds is 5. The number of fused-ring (bicyclic) bond motifs is 2. The largest absolute Gasteiger partial charge is 0.348 e. The molecule has 2 bridgehead atoms. The summed E-state index contributed by atoms with van der Waals surface area (Å²) >= 11 is 0. The fraction of sp³-hybridized carbons (Fsp3) is 0.444. The Morgan fingerprint density at radius 2 is 1.81 bits per heavy atom. The van der Waals surface area contributed by atoms with Crippen LogP contribution in [0.5, 0.6) is 0 Å². The third-order valence-electron chi connectivity index (χ3n) is 6.80. The highest BCUT2D eigenvalue weighted by atomic mass is 16.2. The van der Waals surface area contributed by atoms with Gasteiger partial charge in [0.1, 0.15) is 0 Å². The minimum atomic E-state index is -0.176. The third-order valence-corrected chi connectivity index (χ3v) is 6.80. The second kappa shape index (κ2) is 8.43. The smallest absolute Gasteiger partial charge is 0.254 e. The lowest BCUT2D eigenvalue weighted by molar-refractivity contribution is 0.0708. The third kappa shape index (κ3) is 4.70. The Morgan fingerprint density at radius 3 is 2.53 bits per heavy atom. The van der Waals surface area contributed by atoms with E-state index in [1.54, 1.807) is 18.2 Å². The van der Waals surface area contributed by atoms with E-state index in [1.807, 2.05) is 30.3 Å². The van der Waals surface area contributed by atoms with E-state index in [1.165, 1.54) is 6.42 Å². The normalized spacial score (nSPS) is 23.4. The molecule has 0 aromatic heterocycles. The van der Waals surface area contributed by atoms with Crippen molar-refractivity contribution in [2.45, 2.75) is 59.0 Å². The molecular weight excluding hydrogens is 398 g/mol. The summed E-state index contributed by atoms with van der Waals surface area (Å²) in [6, 6.07) is 17.1. The number of nitrogens with zero attached hydrogens (tertiary/aromatic N) is 2. The minimum Gasteiger partial charge on any atom is -0.348 e. The van der Waals surface area contributed by atoms with E-state index in [0.717, 1.165) is 30.5 Å². The lowest BCUT2D eigenvalue weighted by Crippen LogP contribution is -2.37. The van der Waals surface area contributed by atoms with Gasteiger partial charge in [0, 0.05) is 30.3 Å². The van der Waals surface area contributed by atoms with E-state index in [9.17, 15) is 9.59 Å². The summed E-state index contributed by atoms with van der Waals surface area (Å²) in [5, 5.41) is 11.7. The highest BCUT2D eigenvalue weighted by molar-refractivity contribution is 5.95. The maximum atomic E-state index is 13.2. The van der Waals surface area contributed by atoms with Crippen LogP contribution < -0.4 is 5.32 Å². The molecule has 2 amide bonds. The molecule has 1 aliphatic heterocycles. The molecule has 2 atom stereocenters. The molecule has 0 radical (unpaired) electrons. The predicted molar refractivity (Wildman–Crippen MR) is 124 cm³/mol. The number of likely N-dealkylation sites (tertiary alicyclic amines) is 1. The van der Waals surface area contributed by atoms with Crippen molar-refractivity contribution in [3.63, 3.8) is 0 Å². The highest BCUT2D eigenvalue weighted by Gasteiger charge is 2.50. The fourth-order valence-electron chi connectivity index (χ4n) is 5.83. The van der Waals surface area contributed by atoms with Crippen LogP contribution in [0.4, 0.5) is 0 Å². The topological polar surface area (TPSA) is 73.2 Å². The average molecular weight is 430 g/mol. The molecule has 32 heavy (non-hydrogen) atoms. The summed E-state index contributed by atoms with van der Waals surface area (Å²) in [4.78, 5) is 27.8. The van der Waals surface area contributed by atoms with Gasteiger partial charge in [-0.25, -0.2) is 0 Å². The number of amides is 2. The van der Waals surface area contributed by atoms with E-state index in [-0.39, 0.29) is 29.1 Å². The second-order valence-corrected chi connectivity index (χ2v) is 10.6. The van der Waals surface area contributed by atoms with Crippen molar-refractivity contribution in [1.82, 2.24) is 10.2 Å². The predicted octanol–water partition coefficient (Wildman–Crippen LogP) is 4.72. The molecule has 4 rings (SSSR count). The first-order chi connectivity index (χ1) is 15.2. The number of carbonyl (C=O) groups is 2. The van der Waals surface area contributed by atoms with Crippen LogP contribution >= 0.6 is 0 Å². The summed E-state index contributed by atoms with van der Waals surface area (Å²) in [6.07, 6.45) is 3.61. The molecule has 1 N–H and O–H groups in total. The van der Waals surface area contributed by atoms with Gasteiger partial charge in [-0.05, 0) is 65.5 Å². The number of carbonyl (C=O) groups excluding carboxylic acids is 2. The second-order valence-electron chi connectivity index (χ2n) is 10.6. The first kappa shape index (κ1) is 22.1. The summed E-state index contributed by atoms with van der Waals surface area (Å²) in [5.41, 5.74) is 3.52. The molecule has 166 valence electrons. The van der Waals surface area contributed by atoms with Gasteiger partial charge >= 0.3 is 0 Å². The first-order valence-corrected chi connectivity index (χ1v) is 11.3. The van der Waals surface area contributed by atoms with Crippen LogP contribution in [-0.2, 0) is 13.0 Å². The molecule has 2 aliphatic rings. The standard InChI is InChI=1S/C27H31N3O2/c1-26(2)14-23-15-27(3,17-26)18-30(23)25(32)21-9-7-20(8-10-21)16-29-24(31)22-6-4-5-19(13-22)11-12-28/h4-10,13,23H,11,14-18H2,1-3H3,(H,29,31). The Kier molecular flexibility index (Phi) is 5.81. The molecule has 0 spiro atoms. The van der Waals surface area contributed by atoms with Gasteiger partial charge in [0.05, 0.1) is 12.5 Å². The molecule has 5 heteroatoms. The van der Waals surface area contributed by atoms with Gasteiger partial charge in [0.15, 0.2) is 0 Å². The monoisotopic (exact) mass is 429 g/mol. The molecular formula is C27H31N3O2. The van der Waals surface area contributed by atoms with Gasteiger partial charge in [-0.1, -0.05) is 45.0 Å². The maximum absolute atomic E-state index is 13.2. The van der Waals surface area contributed by atoms with E-state index >= 15 is 0 Å². The zero-order valence-electron chi connectivity index (χ0n) is 19.1. The molecule has 1 saturated carbocycles. The lowest BCUT2D eigenvalue weighted by atomic mass is 9.65. The molecule has 1 heterocycles. The van der Waals surface area contributed by atoms with Gasteiger partial charge in [0.2, 0.25) is 0 Å². The van der Waals surface area contributed by atoms with Crippen LogP contribution in [0.3, 0.4) is 0 Å².